The maximum absolute atomic E-state index is 2.49. The first-order valence-electron chi connectivity index (χ1n) is 26.7. The van der Waals surface area contributed by atoms with Crippen molar-refractivity contribution in [3.63, 3.8) is 0 Å². The number of hydrogen-bond donors (Lipinski definition) is 0. The number of hydrogen-bond acceptors (Lipinski definition) is 2. The van der Waals surface area contributed by atoms with Crippen LogP contribution in [0.3, 0.4) is 0 Å². The number of fused-ring (bicyclic) bond motifs is 6. The monoisotopic (exact) mass is 1100 g/mol. The molecule has 0 spiro atoms. The number of rotatable bonds is 10. The van der Waals surface area contributed by atoms with Crippen LogP contribution < -0.4 is 18.6 Å². The van der Waals surface area contributed by atoms with Crippen molar-refractivity contribution in [2.45, 2.75) is 34.5 Å². The van der Waals surface area contributed by atoms with E-state index in [4.69, 9.17) is 0 Å². The van der Waals surface area contributed by atoms with Gasteiger partial charge >= 0.3 is 396 Å². The molecule has 0 amide bonds. The zero-order valence-electron chi connectivity index (χ0n) is 44.1. The second kappa shape index (κ2) is 19.0. The predicted molar refractivity (Wildman–Crippen MR) is 338 cm³/mol. The van der Waals surface area contributed by atoms with Gasteiger partial charge in [-0.05, 0) is 10.8 Å². The van der Waals surface area contributed by atoms with E-state index in [-0.39, 0.29) is 0 Å². The Balaban J connectivity index is 1.14. The SMILES string of the molecule is [CH3][Ge]([CH3])([CH3])[c]1ccc(N(c2ccc3c(-c4ccc5ccccc5c4)c4cc(N(c5cc[c]([Ge]([CH3])([CH3])[CH3])cc5)c5cccc6ccccc56)ccc4c(-c4ccc5ccccc5c4)c3c2)c2cccc3ccccc23)cc1. The van der Waals surface area contributed by atoms with Crippen LogP contribution >= 0.6 is 0 Å². The number of benzene rings is 13. The molecule has 0 bridgehead atoms. The molecule has 0 N–H and O–H groups in total. The maximum atomic E-state index is 2.49. The van der Waals surface area contributed by atoms with Gasteiger partial charge in [0.05, 0.1) is 0 Å². The van der Waals surface area contributed by atoms with Crippen molar-refractivity contribution in [2.75, 3.05) is 9.80 Å². The van der Waals surface area contributed by atoms with Crippen LogP contribution in [0.1, 0.15) is 0 Å². The fraction of sp³-hybridized carbons (Fsp3) is 0.0833. The first-order chi connectivity index (χ1) is 36.9. The summed E-state index contributed by atoms with van der Waals surface area (Å²) in [4.78, 5) is 4.98. The standard InChI is InChI=1S/C72H60Ge2N2/c1-73(2,3)57-33-37-59(38-34-57)75(69-27-15-23-51-19-11-13-25-63(51)69)61-41-43-65-67(47-61)71(55-31-29-49-17-7-9-21-53(49)45-55)66-44-42-62(48-68(66)72(65)56-32-30-50-18-8-10-22-54(50)46-56)76(60-39-35-58(36-40-60)74(4,5)6)70-28-16-24-52-20-12-14-26-64(52)70/h7-48H,1-6H3. The molecule has 0 aromatic heterocycles. The van der Waals surface area contributed by atoms with Gasteiger partial charge < -0.3 is 0 Å². The molecule has 0 atom stereocenters. The Bertz CT molecular complexity index is 4080. The van der Waals surface area contributed by atoms with Crippen LogP contribution in [0, 0.1) is 0 Å². The van der Waals surface area contributed by atoms with Gasteiger partial charge in [0.2, 0.25) is 0 Å². The Labute approximate surface area is 452 Å². The van der Waals surface area contributed by atoms with Crippen molar-refractivity contribution in [3.8, 4) is 22.3 Å². The van der Waals surface area contributed by atoms with Gasteiger partial charge in [0.25, 0.3) is 0 Å². The van der Waals surface area contributed by atoms with Crippen molar-refractivity contribution in [3.05, 3.63) is 255 Å². The van der Waals surface area contributed by atoms with Crippen LogP contribution in [0.4, 0.5) is 34.1 Å². The van der Waals surface area contributed by atoms with Crippen LogP contribution in [-0.4, -0.2) is 26.5 Å². The van der Waals surface area contributed by atoms with E-state index in [2.05, 4.69) is 299 Å². The van der Waals surface area contributed by atoms with E-state index in [9.17, 15) is 0 Å². The molecule has 2 nitrogen and oxygen atoms in total. The minimum absolute atomic E-state index is 1.11. The van der Waals surface area contributed by atoms with Gasteiger partial charge in [-0.1, -0.05) is 48.5 Å². The molecular formula is C72H60Ge2N2. The molecule has 0 aliphatic carbocycles. The van der Waals surface area contributed by atoms with Gasteiger partial charge in [-0.3, -0.25) is 0 Å². The summed E-state index contributed by atoms with van der Waals surface area (Å²) in [7, 11) is 0. The van der Waals surface area contributed by atoms with Gasteiger partial charge in [-0.25, -0.2) is 0 Å². The molecule has 0 saturated carbocycles. The molecule has 13 aromatic rings. The molecule has 0 heterocycles. The first kappa shape index (κ1) is 47.8. The summed E-state index contributed by atoms with van der Waals surface area (Å²) in [5.41, 5.74) is 11.6. The van der Waals surface area contributed by atoms with Crippen LogP contribution in [-0.2, 0) is 0 Å². The fourth-order valence-corrected chi connectivity index (χ4v) is 16.6. The third-order valence-electron chi connectivity index (χ3n) is 15.7. The summed E-state index contributed by atoms with van der Waals surface area (Å²) in [6.07, 6.45) is 0. The Kier molecular flexibility index (Phi) is 12.0. The molecular weight excluding hydrogens is 1040 g/mol. The minimum atomic E-state index is -2.12. The van der Waals surface area contributed by atoms with Crippen molar-refractivity contribution >= 4 is 134 Å². The topological polar surface area (TPSA) is 6.48 Å². The summed E-state index contributed by atoms with van der Waals surface area (Å²) in [6, 6.07) is 96.2. The first-order valence-corrected chi connectivity index (χ1v) is 41.4. The van der Waals surface area contributed by atoms with Crippen LogP contribution in [0.2, 0.25) is 34.5 Å². The molecule has 13 rings (SSSR count). The average molecular weight is 1100 g/mol. The van der Waals surface area contributed by atoms with Gasteiger partial charge in [-0.15, -0.1) is 0 Å². The van der Waals surface area contributed by atoms with Crippen molar-refractivity contribution in [1.82, 2.24) is 0 Å². The molecule has 0 aliphatic heterocycles. The summed E-state index contributed by atoms with van der Waals surface area (Å²) in [6.45, 7) is 0. The van der Waals surface area contributed by atoms with E-state index in [0.717, 1.165) is 34.1 Å². The molecule has 13 aromatic carbocycles. The Morgan fingerprint density at radius 2 is 0.579 bits per heavy atom. The van der Waals surface area contributed by atoms with Gasteiger partial charge in [0.15, 0.2) is 0 Å². The Morgan fingerprint density at radius 1 is 0.237 bits per heavy atom. The second-order valence-electron chi connectivity index (χ2n) is 22.6. The molecule has 0 saturated heterocycles. The van der Waals surface area contributed by atoms with Crippen LogP contribution in [0.5, 0.6) is 0 Å². The summed E-state index contributed by atoms with van der Waals surface area (Å²) < 4.78 is 2.99. The third-order valence-corrected chi connectivity index (χ3v) is 24.3. The molecule has 0 unspecified atom stereocenters. The summed E-state index contributed by atoms with van der Waals surface area (Å²) >= 11 is -4.25. The van der Waals surface area contributed by atoms with Crippen molar-refractivity contribution in [2.24, 2.45) is 0 Å². The summed E-state index contributed by atoms with van der Waals surface area (Å²) in [5, 5.41) is 14.6. The molecule has 76 heavy (non-hydrogen) atoms. The number of nitrogens with zero attached hydrogens (tertiary/aromatic N) is 2. The second-order valence-corrected chi connectivity index (χ2v) is 43.9. The average Bonchev–Trinajstić information content (AvgIpc) is 3.57. The van der Waals surface area contributed by atoms with Crippen molar-refractivity contribution < 1.29 is 0 Å². The van der Waals surface area contributed by atoms with Crippen LogP contribution in [0.15, 0.2) is 255 Å². The fourth-order valence-electron chi connectivity index (χ4n) is 11.7. The Morgan fingerprint density at radius 3 is 0.974 bits per heavy atom. The zero-order chi connectivity index (χ0) is 51.7. The molecule has 0 aliphatic rings. The van der Waals surface area contributed by atoms with Gasteiger partial charge in [0.1, 0.15) is 0 Å². The number of anilines is 6. The van der Waals surface area contributed by atoms with Crippen molar-refractivity contribution in [1.29, 1.82) is 0 Å². The Hall–Kier alpha value is -7.89. The van der Waals surface area contributed by atoms with E-state index in [0.29, 0.717) is 0 Å². The van der Waals surface area contributed by atoms with E-state index in [1.165, 1.54) is 95.7 Å². The third kappa shape index (κ3) is 8.64. The van der Waals surface area contributed by atoms with E-state index >= 15 is 0 Å². The molecule has 0 fully saturated rings. The van der Waals surface area contributed by atoms with E-state index in [1.54, 1.807) is 0 Å². The zero-order valence-corrected chi connectivity index (χ0v) is 48.3. The van der Waals surface area contributed by atoms with E-state index < -0.39 is 26.5 Å². The summed E-state index contributed by atoms with van der Waals surface area (Å²) in [5.74, 6) is 14.8. The van der Waals surface area contributed by atoms with Crippen LogP contribution in [0.25, 0.3) is 86.9 Å². The van der Waals surface area contributed by atoms with Gasteiger partial charge in [-0.2, -0.15) is 0 Å². The molecule has 366 valence electrons. The predicted octanol–water partition coefficient (Wildman–Crippen LogP) is 20.0. The quantitative estimate of drug-likeness (QED) is 0.0995. The normalized spacial score (nSPS) is 12.1. The van der Waals surface area contributed by atoms with E-state index in [1.807, 2.05) is 0 Å². The molecule has 0 radical (unpaired) electrons. The van der Waals surface area contributed by atoms with Gasteiger partial charge in [0, 0.05) is 0 Å². The molecule has 4 heteroatoms.